The van der Waals surface area contributed by atoms with Crippen molar-refractivity contribution < 1.29 is 0 Å². The van der Waals surface area contributed by atoms with E-state index >= 15 is 0 Å². The summed E-state index contributed by atoms with van der Waals surface area (Å²) >= 11 is 0. The minimum Gasteiger partial charge on any atom is -0.346 e. The van der Waals surface area contributed by atoms with E-state index in [9.17, 15) is 0 Å². The van der Waals surface area contributed by atoms with Crippen LogP contribution in [0.4, 0.5) is 0 Å². The van der Waals surface area contributed by atoms with Gasteiger partial charge in [0, 0.05) is 44.0 Å². The standard InChI is InChI=1S/C10H18N4/c1-8-6-12-10(13-8)5-9-7-11-3-4-14(9)2/h6,9,11H,3-5,7H2,1-2H3,(H,12,13). The van der Waals surface area contributed by atoms with E-state index in [4.69, 9.17) is 0 Å². The second-order valence-corrected chi connectivity index (χ2v) is 4.06. The Labute approximate surface area is 84.7 Å². The predicted octanol–water partition coefficient (Wildman–Crippen LogP) is 0.164. The summed E-state index contributed by atoms with van der Waals surface area (Å²) in [5.74, 6) is 1.10. The monoisotopic (exact) mass is 194 g/mol. The highest BCUT2D eigenvalue weighted by Crippen LogP contribution is 2.06. The first-order valence-electron chi connectivity index (χ1n) is 5.17. The number of rotatable bonds is 2. The lowest BCUT2D eigenvalue weighted by Gasteiger charge is -2.32. The summed E-state index contributed by atoms with van der Waals surface area (Å²) in [7, 11) is 2.18. The van der Waals surface area contributed by atoms with Crippen molar-refractivity contribution in [2.24, 2.45) is 0 Å². The van der Waals surface area contributed by atoms with Crippen LogP contribution in [-0.2, 0) is 6.42 Å². The maximum Gasteiger partial charge on any atom is 0.107 e. The number of likely N-dealkylation sites (N-methyl/N-ethyl adjacent to an activating group) is 1. The molecule has 1 fully saturated rings. The van der Waals surface area contributed by atoms with Gasteiger partial charge >= 0.3 is 0 Å². The molecule has 1 saturated heterocycles. The number of imidazole rings is 1. The summed E-state index contributed by atoms with van der Waals surface area (Å²) in [4.78, 5) is 10.0. The van der Waals surface area contributed by atoms with E-state index in [1.54, 1.807) is 0 Å². The average Bonchev–Trinajstić information content (AvgIpc) is 2.56. The predicted molar refractivity (Wildman–Crippen MR) is 56.3 cm³/mol. The summed E-state index contributed by atoms with van der Waals surface area (Å²) in [6.07, 6.45) is 2.91. The lowest BCUT2D eigenvalue weighted by molar-refractivity contribution is 0.197. The van der Waals surface area contributed by atoms with Crippen molar-refractivity contribution >= 4 is 0 Å². The first-order chi connectivity index (χ1) is 6.75. The van der Waals surface area contributed by atoms with E-state index < -0.39 is 0 Å². The minimum absolute atomic E-state index is 0.578. The van der Waals surface area contributed by atoms with Crippen molar-refractivity contribution in [1.29, 1.82) is 0 Å². The summed E-state index contributed by atoms with van der Waals surface area (Å²) in [5.41, 5.74) is 1.14. The normalized spacial score (nSPS) is 24.0. The number of nitrogens with one attached hydrogen (secondary N) is 2. The molecule has 14 heavy (non-hydrogen) atoms. The topological polar surface area (TPSA) is 44.0 Å². The molecule has 1 aromatic rings. The molecule has 1 aromatic heterocycles. The molecule has 78 valence electrons. The third-order valence-electron chi connectivity index (χ3n) is 2.83. The Morgan fingerprint density at radius 1 is 1.64 bits per heavy atom. The zero-order valence-electron chi connectivity index (χ0n) is 8.88. The molecule has 1 atom stereocenters. The Morgan fingerprint density at radius 2 is 2.50 bits per heavy atom. The molecule has 0 amide bonds. The van der Waals surface area contributed by atoms with Gasteiger partial charge in [0.05, 0.1) is 0 Å². The number of hydrogen-bond acceptors (Lipinski definition) is 3. The van der Waals surface area contributed by atoms with E-state index in [-0.39, 0.29) is 0 Å². The summed E-state index contributed by atoms with van der Waals surface area (Å²) in [6, 6.07) is 0.578. The van der Waals surface area contributed by atoms with Gasteiger partial charge in [-0.15, -0.1) is 0 Å². The summed E-state index contributed by atoms with van der Waals surface area (Å²) in [5, 5.41) is 3.41. The van der Waals surface area contributed by atoms with E-state index in [1.807, 2.05) is 13.1 Å². The molecule has 0 aliphatic carbocycles. The molecule has 0 bridgehead atoms. The molecule has 2 heterocycles. The van der Waals surface area contributed by atoms with Crippen LogP contribution in [0.15, 0.2) is 6.20 Å². The Morgan fingerprint density at radius 3 is 3.14 bits per heavy atom. The van der Waals surface area contributed by atoms with Crippen molar-refractivity contribution in [3.05, 3.63) is 17.7 Å². The second kappa shape index (κ2) is 4.11. The van der Waals surface area contributed by atoms with Crippen LogP contribution < -0.4 is 5.32 Å². The van der Waals surface area contributed by atoms with Crippen LogP contribution in [0.3, 0.4) is 0 Å². The van der Waals surface area contributed by atoms with Gasteiger partial charge in [0.2, 0.25) is 0 Å². The molecule has 2 N–H and O–H groups in total. The molecule has 0 aromatic carbocycles. The third kappa shape index (κ3) is 2.13. The summed E-state index contributed by atoms with van der Waals surface area (Å²) in [6.45, 7) is 5.34. The molecule has 1 unspecified atom stereocenters. The van der Waals surface area contributed by atoms with Gasteiger partial charge in [-0.1, -0.05) is 0 Å². The number of aryl methyl sites for hydroxylation is 1. The van der Waals surface area contributed by atoms with Crippen molar-refractivity contribution in [2.75, 3.05) is 26.7 Å². The molecule has 4 nitrogen and oxygen atoms in total. The van der Waals surface area contributed by atoms with E-state index in [0.717, 1.165) is 37.6 Å². The maximum atomic E-state index is 4.33. The Kier molecular flexibility index (Phi) is 2.84. The third-order valence-corrected chi connectivity index (χ3v) is 2.83. The first-order valence-corrected chi connectivity index (χ1v) is 5.17. The fourth-order valence-corrected chi connectivity index (χ4v) is 1.88. The van der Waals surface area contributed by atoms with Crippen LogP contribution in [0.2, 0.25) is 0 Å². The van der Waals surface area contributed by atoms with Gasteiger partial charge in [-0.3, -0.25) is 0 Å². The molecule has 2 rings (SSSR count). The van der Waals surface area contributed by atoms with Gasteiger partial charge in [-0.25, -0.2) is 4.98 Å². The van der Waals surface area contributed by atoms with Gasteiger partial charge in [-0.2, -0.15) is 0 Å². The molecule has 0 radical (unpaired) electrons. The van der Waals surface area contributed by atoms with E-state index in [1.165, 1.54) is 0 Å². The molecular formula is C10H18N4. The first kappa shape index (κ1) is 9.68. The van der Waals surface area contributed by atoms with E-state index in [2.05, 4.69) is 27.2 Å². The number of H-pyrrole nitrogens is 1. The number of piperazine rings is 1. The SMILES string of the molecule is Cc1cnc(CC2CNCCN2C)[nH]1. The molecular weight excluding hydrogens is 176 g/mol. The number of aromatic nitrogens is 2. The van der Waals surface area contributed by atoms with Crippen LogP contribution >= 0.6 is 0 Å². The second-order valence-electron chi connectivity index (χ2n) is 4.06. The number of hydrogen-bond donors (Lipinski definition) is 2. The number of nitrogens with zero attached hydrogens (tertiary/aromatic N) is 2. The highest BCUT2D eigenvalue weighted by Gasteiger charge is 2.19. The summed E-state index contributed by atoms with van der Waals surface area (Å²) < 4.78 is 0. The lowest BCUT2D eigenvalue weighted by Crippen LogP contribution is -2.50. The number of aromatic amines is 1. The van der Waals surface area contributed by atoms with Crippen LogP contribution in [0.1, 0.15) is 11.5 Å². The molecule has 0 spiro atoms. The van der Waals surface area contributed by atoms with Crippen molar-refractivity contribution in [3.63, 3.8) is 0 Å². The zero-order valence-corrected chi connectivity index (χ0v) is 8.88. The van der Waals surface area contributed by atoms with Crippen LogP contribution in [-0.4, -0.2) is 47.6 Å². The molecule has 1 aliphatic rings. The highest BCUT2D eigenvalue weighted by atomic mass is 15.2. The van der Waals surface area contributed by atoms with Crippen LogP contribution in [0.25, 0.3) is 0 Å². The Bertz CT molecular complexity index is 294. The highest BCUT2D eigenvalue weighted by molar-refractivity contribution is 5.00. The van der Waals surface area contributed by atoms with Crippen LogP contribution in [0.5, 0.6) is 0 Å². The largest absolute Gasteiger partial charge is 0.346 e. The average molecular weight is 194 g/mol. The Hall–Kier alpha value is -0.870. The van der Waals surface area contributed by atoms with Gasteiger partial charge in [-0.05, 0) is 14.0 Å². The van der Waals surface area contributed by atoms with Crippen molar-refractivity contribution in [1.82, 2.24) is 20.2 Å². The Balaban J connectivity index is 1.95. The van der Waals surface area contributed by atoms with Crippen LogP contribution in [0, 0.1) is 6.92 Å². The molecule has 0 saturated carbocycles. The molecule has 4 heteroatoms. The lowest BCUT2D eigenvalue weighted by atomic mass is 10.1. The van der Waals surface area contributed by atoms with Gasteiger partial charge in [0.25, 0.3) is 0 Å². The maximum absolute atomic E-state index is 4.33. The van der Waals surface area contributed by atoms with Gasteiger partial charge < -0.3 is 15.2 Å². The quantitative estimate of drug-likeness (QED) is 0.705. The van der Waals surface area contributed by atoms with Crippen molar-refractivity contribution in [3.8, 4) is 0 Å². The van der Waals surface area contributed by atoms with Crippen molar-refractivity contribution in [2.45, 2.75) is 19.4 Å². The van der Waals surface area contributed by atoms with Gasteiger partial charge in [0.15, 0.2) is 0 Å². The minimum atomic E-state index is 0.578. The molecule has 1 aliphatic heterocycles. The zero-order chi connectivity index (χ0) is 9.97. The smallest absolute Gasteiger partial charge is 0.107 e. The van der Waals surface area contributed by atoms with Gasteiger partial charge in [0.1, 0.15) is 5.82 Å². The fraction of sp³-hybridized carbons (Fsp3) is 0.700. The fourth-order valence-electron chi connectivity index (χ4n) is 1.88. The van der Waals surface area contributed by atoms with E-state index in [0.29, 0.717) is 6.04 Å².